The number of sulfonamides is 1. The Morgan fingerprint density at radius 1 is 1.38 bits per heavy atom. The summed E-state index contributed by atoms with van der Waals surface area (Å²) in [4.78, 5) is 3.35. The Hall–Kier alpha value is -0.530. The molecule has 0 aliphatic rings. The molecule has 0 spiro atoms. The van der Waals surface area contributed by atoms with E-state index in [2.05, 4.69) is 25.6 Å². The Kier molecular flexibility index (Phi) is 5.30. The fraction of sp³-hybridized carbons (Fsp3) is 0.444. The molecular formula is C9H12BrFN2O2S. The van der Waals surface area contributed by atoms with Gasteiger partial charge in [0.05, 0.1) is 6.20 Å². The second kappa shape index (κ2) is 6.27. The molecule has 1 aromatic rings. The summed E-state index contributed by atoms with van der Waals surface area (Å²) >= 11 is 3.25. The molecule has 0 atom stereocenters. The van der Waals surface area contributed by atoms with Crippen LogP contribution in [0.1, 0.15) is 12.8 Å². The first-order valence-corrected chi connectivity index (χ1v) is 7.33. The van der Waals surface area contributed by atoms with E-state index in [0.717, 1.165) is 36.6 Å². The number of nitrogens with zero attached hydrogens (tertiary/aromatic N) is 1. The molecular weight excluding hydrogens is 299 g/mol. The number of alkyl halides is 1. The molecule has 0 aromatic carbocycles. The van der Waals surface area contributed by atoms with Crippen LogP contribution in [0.25, 0.3) is 0 Å². The number of rotatable bonds is 6. The van der Waals surface area contributed by atoms with E-state index in [9.17, 15) is 12.8 Å². The van der Waals surface area contributed by atoms with Crippen molar-refractivity contribution in [2.75, 3.05) is 11.9 Å². The molecule has 0 fully saturated rings. The van der Waals surface area contributed by atoms with E-state index in [1.54, 1.807) is 0 Å². The second-order valence-corrected chi connectivity index (χ2v) is 5.69. The Labute approximate surface area is 102 Å². The predicted molar refractivity (Wildman–Crippen MR) is 62.4 cm³/mol. The van der Waals surface area contributed by atoms with Crippen molar-refractivity contribution >= 4 is 26.0 Å². The lowest BCUT2D eigenvalue weighted by Crippen LogP contribution is -2.25. The standard InChI is InChI=1S/C9H12BrFN2O2S/c10-3-1-2-4-13-16(14,15)9-5-8(11)6-12-7-9/h5-7,13H,1-4H2. The van der Waals surface area contributed by atoms with Crippen LogP contribution in [0.2, 0.25) is 0 Å². The van der Waals surface area contributed by atoms with Gasteiger partial charge in [-0.25, -0.2) is 17.5 Å². The molecule has 0 aliphatic carbocycles. The van der Waals surface area contributed by atoms with Gasteiger partial charge in [0.2, 0.25) is 10.0 Å². The molecule has 90 valence electrons. The molecule has 7 heteroatoms. The van der Waals surface area contributed by atoms with Gasteiger partial charge < -0.3 is 0 Å². The lowest BCUT2D eigenvalue weighted by atomic mass is 10.3. The third kappa shape index (κ3) is 4.15. The lowest BCUT2D eigenvalue weighted by Gasteiger charge is -2.05. The Morgan fingerprint density at radius 2 is 2.12 bits per heavy atom. The van der Waals surface area contributed by atoms with Gasteiger partial charge in [-0.15, -0.1) is 0 Å². The SMILES string of the molecule is O=S(=O)(NCCCCBr)c1cncc(F)c1. The molecule has 0 aliphatic heterocycles. The number of halogens is 2. The summed E-state index contributed by atoms with van der Waals surface area (Å²) in [5.74, 6) is -0.664. The summed E-state index contributed by atoms with van der Waals surface area (Å²) < 4.78 is 38.4. The Morgan fingerprint density at radius 3 is 2.75 bits per heavy atom. The third-order valence-electron chi connectivity index (χ3n) is 1.84. The topological polar surface area (TPSA) is 59.1 Å². The van der Waals surface area contributed by atoms with Crippen molar-refractivity contribution in [3.05, 3.63) is 24.3 Å². The maximum Gasteiger partial charge on any atom is 0.242 e. The molecule has 0 saturated heterocycles. The van der Waals surface area contributed by atoms with Crippen LogP contribution in [0, 0.1) is 5.82 Å². The minimum absolute atomic E-state index is 0.147. The molecule has 1 N–H and O–H groups in total. The normalized spacial score (nSPS) is 11.6. The molecule has 0 bridgehead atoms. The van der Waals surface area contributed by atoms with Crippen molar-refractivity contribution in [2.24, 2.45) is 0 Å². The zero-order valence-corrected chi connectivity index (χ0v) is 10.9. The van der Waals surface area contributed by atoms with Crippen molar-refractivity contribution in [3.8, 4) is 0 Å². The highest BCUT2D eigenvalue weighted by Gasteiger charge is 2.14. The summed E-state index contributed by atoms with van der Waals surface area (Å²) in [6.07, 6.45) is 3.69. The van der Waals surface area contributed by atoms with Crippen LogP contribution in [0.5, 0.6) is 0 Å². The van der Waals surface area contributed by atoms with Gasteiger partial charge in [-0.3, -0.25) is 4.98 Å². The second-order valence-electron chi connectivity index (χ2n) is 3.13. The van der Waals surface area contributed by atoms with E-state index in [4.69, 9.17) is 0 Å². The largest absolute Gasteiger partial charge is 0.260 e. The Balaban J connectivity index is 2.64. The van der Waals surface area contributed by atoms with Gasteiger partial charge in [-0.2, -0.15) is 0 Å². The van der Waals surface area contributed by atoms with E-state index in [-0.39, 0.29) is 4.90 Å². The first-order chi connectivity index (χ1) is 7.56. The first kappa shape index (κ1) is 13.5. The van der Waals surface area contributed by atoms with Gasteiger partial charge in [-0.05, 0) is 18.9 Å². The van der Waals surface area contributed by atoms with Crippen LogP contribution in [-0.2, 0) is 10.0 Å². The average molecular weight is 311 g/mol. The van der Waals surface area contributed by atoms with Crippen molar-refractivity contribution < 1.29 is 12.8 Å². The minimum Gasteiger partial charge on any atom is -0.260 e. The molecule has 4 nitrogen and oxygen atoms in total. The highest BCUT2D eigenvalue weighted by molar-refractivity contribution is 9.09. The van der Waals surface area contributed by atoms with Gasteiger partial charge in [0.1, 0.15) is 10.7 Å². The molecule has 1 aromatic heterocycles. The van der Waals surface area contributed by atoms with Crippen molar-refractivity contribution in [2.45, 2.75) is 17.7 Å². The summed E-state index contributed by atoms with van der Waals surface area (Å²) in [5, 5.41) is 0.830. The van der Waals surface area contributed by atoms with E-state index in [0.29, 0.717) is 6.54 Å². The van der Waals surface area contributed by atoms with Crippen LogP contribution in [0.4, 0.5) is 4.39 Å². The van der Waals surface area contributed by atoms with Crippen LogP contribution < -0.4 is 4.72 Å². The molecule has 0 unspecified atom stereocenters. The average Bonchev–Trinajstić information content (AvgIpc) is 2.24. The number of aromatic nitrogens is 1. The predicted octanol–water partition coefficient (Wildman–Crippen LogP) is 1.67. The minimum atomic E-state index is -3.63. The van der Waals surface area contributed by atoms with Gasteiger partial charge >= 0.3 is 0 Å². The smallest absolute Gasteiger partial charge is 0.242 e. The third-order valence-corrected chi connectivity index (χ3v) is 3.83. The number of hydrogen-bond acceptors (Lipinski definition) is 3. The summed E-state index contributed by atoms with van der Waals surface area (Å²) in [6.45, 7) is 0.338. The summed E-state index contributed by atoms with van der Waals surface area (Å²) in [5.41, 5.74) is 0. The van der Waals surface area contributed by atoms with Crippen LogP contribution in [-0.4, -0.2) is 25.3 Å². The van der Waals surface area contributed by atoms with Crippen LogP contribution in [0.3, 0.4) is 0 Å². The molecule has 0 radical (unpaired) electrons. The Bertz CT molecular complexity index is 439. The first-order valence-electron chi connectivity index (χ1n) is 4.72. The molecule has 0 amide bonds. The highest BCUT2D eigenvalue weighted by atomic mass is 79.9. The monoisotopic (exact) mass is 310 g/mol. The lowest BCUT2D eigenvalue weighted by molar-refractivity contribution is 0.573. The van der Waals surface area contributed by atoms with E-state index in [1.807, 2.05) is 0 Å². The maximum atomic E-state index is 12.8. The number of nitrogens with one attached hydrogen (secondary N) is 1. The van der Waals surface area contributed by atoms with Gasteiger partial charge in [0, 0.05) is 18.1 Å². The van der Waals surface area contributed by atoms with E-state index in [1.165, 1.54) is 0 Å². The fourth-order valence-corrected chi connectivity index (χ4v) is 2.49. The zero-order valence-electron chi connectivity index (χ0n) is 8.49. The van der Waals surface area contributed by atoms with Crippen LogP contribution in [0.15, 0.2) is 23.4 Å². The van der Waals surface area contributed by atoms with E-state index < -0.39 is 15.8 Å². The van der Waals surface area contributed by atoms with Gasteiger partial charge in [0.25, 0.3) is 0 Å². The van der Waals surface area contributed by atoms with Crippen molar-refractivity contribution in [1.29, 1.82) is 0 Å². The summed E-state index contributed by atoms with van der Waals surface area (Å²) in [7, 11) is -3.63. The molecule has 1 rings (SSSR count). The van der Waals surface area contributed by atoms with Gasteiger partial charge in [-0.1, -0.05) is 15.9 Å². The number of hydrogen-bond donors (Lipinski definition) is 1. The van der Waals surface area contributed by atoms with E-state index >= 15 is 0 Å². The maximum absolute atomic E-state index is 12.8. The highest BCUT2D eigenvalue weighted by Crippen LogP contribution is 2.08. The fourth-order valence-electron chi connectivity index (χ4n) is 1.05. The van der Waals surface area contributed by atoms with Gasteiger partial charge in [0.15, 0.2) is 0 Å². The van der Waals surface area contributed by atoms with Crippen molar-refractivity contribution in [1.82, 2.24) is 9.71 Å². The molecule has 16 heavy (non-hydrogen) atoms. The zero-order chi connectivity index (χ0) is 12.0. The summed E-state index contributed by atoms with van der Waals surface area (Å²) in [6, 6.07) is 0.944. The number of unbranched alkanes of at least 4 members (excludes halogenated alkanes) is 1. The van der Waals surface area contributed by atoms with Crippen molar-refractivity contribution in [3.63, 3.8) is 0 Å². The number of pyridine rings is 1. The van der Waals surface area contributed by atoms with Crippen LogP contribution >= 0.6 is 15.9 Å². The molecule has 0 saturated carbocycles. The molecule has 1 heterocycles. The quantitative estimate of drug-likeness (QED) is 0.642.